The number of hydrogen-bond donors (Lipinski definition) is 2. The van der Waals surface area contributed by atoms with Gasteiger partial charge in [0.25, 0.3) is 0 Å². The third-order valence-electron chi connectivity index (χ3n) is 1.83. The monoisotopic (exact) mass is 240 g/mol. The molecule has 0 aliphatic heterocycles. The molecule has 1 aromatic rings. The van der Waals surface area contributed by atoms with Crippen LogP contribution in [0.4, 0.5) is 10.5 Å². The Morgan fingerprint density at radius 3 is 2.38 bits per heavy atom. The van der Waals surface area contributed by atoms with E-state index in [0.29, 0.717) is 17.9 Å². The molecule has 0 saturated carbocycles. The van der Waals surface area contributed by atoms with Crippen LogP contribution in [0.2, 0.25) is 0 Å². The minimum atomic E-state index is -0.688. The number of urea groups is 1. The zero-order valence-corrected chi connectivity index (χ0v) is 9.61. The Morgan fingerprint density at radius 1 is 1.38 bits per heavy atom. The van der Waals surface area contributed by atoms with E-state index < -0.39 is 12.0 Å². The Morgan fingerprint density at radius 2 is 1.94 bits per heavy atom. The van der Waals surface area contributed by atoms with Crippen molar-refractivity contribution in [3.8, 4) is 0 Å². The van der Waals surface area contributed by atoms with Gasteiger partial charge in [-0.2, -0.15) is 0 Å². The Kier molecular flexibility index (Phi) is 4.19. The lowest BCUT2D eigenvalue weighted by molar-refractivity contribution is 0.0526. The van der Waals surface area contributed by atoms with Gasteiger partial charge in [0, 0.05) is 0 Å². The van der Waals surface area contributed by atoms with Gasteiger partial charge in [-0.25, -0.2) is 13.9 Å². The molecule has 0 saturated heterocycles. The molecule has 1 rings (SSSR count). The van der Waals surface area contributed by atoms with Crippen molar-refractivity contribution in [3.05, 3.63) is 29.8 Å². The molecule has 0 unspecified atom stereocenters. The van der Waals surface area contributed by atoms with Crippen LogP contribution < -0.4 is 10.0 Å². The first kappa shape index (κ1) is 12.4. The molecule has 2 amide bonds. The summed E-state index contributed by atoms with van der Waals surface area (Å²) in [6.45, 7) is 2.05. The number of amides is 2. The maximum absolute atomic E-state index is 11.3. The van der Waals surface area contributed by atoms with Crippen molar-refractivity contribution in [1.29, 1.82) is 0 Å². The first-order valence-electron chi connectivity index (χ1n) is 4.62. The summed E-state index contributed by atoms with van der Waals surface area (Å²) in [7, 11) is 0. The molecule has 0 aliphatic rings. The van der Waals surface area contributed by atoms with Gasteiger partial charge < -0.3 is 10.5 Å². The molecule has 0 fully saturated rings. The molecule has 16 heavy (non-hydrogen) atoms. The Hall–Kier alpha value is -1.69. The number of benzene rings is 1. The predicted octanol–water partition coefficient (Wildman–Crippen LogP) is 1.59. The van der Waals surface area contributed by atoms with E-state index in [2.05, 4.69) is 12.8 Å². The lowest BCUT2D eigenvalue weighted by Crippen LogP contribution is -2.27. The lowest BCUT2D eigenvalue weighted by atomic mass is 10.2. The maximum atomic E-state index is 11.3. The summed E-state index contributed by atoms with van der Waals surface area (Å²) in [5.74, 6) is -0.404. The van der Waals surface area contributed by atoms with Crippen LogP contribution in [-0.2, 0) is 4.74 Å². The van der Waals surface area contributed by atoms with Crippen molar-refractivity contribution < 1.29 is 14.3 Å². The average Bonchev–Trinajstić information content (AvgIpc) is 2.28. The number of carbonyl (C=O) groups excluding carboxylic acids is 2. The second kappa shape index (κ2) is 5.41. The number of carbonyl (C=O) groups is 2. The second-order valence-electron chi connectivity index (χ2n) is 2.92. The summed E-state index contributed by atoms with van der Waals surface area (Å²) in [5.41, 5.74) is 5.94. The molecule has 0 spiro atoms. The fourth-order valence-corrected chi connectivity index (χ4v) is 1.21. The van der Waals surface area contributed by atoms with E-state index in [1.54, 1.807) is 31.2 Å². The highest BCUT2D eigenvalue weighted by Crippen LogP contribution is 2.17. The number of hydrogen-bond acceptors (Lipinski definition) is 4. The largest absolute Gasteiger partial charge is 0.462 e. The molecule has 86 valence electrons. The van der Waals surface area contributed by atoms with Gasteiger partial charge in [0.15, 0.2) is 0 Å². The van der Waals surface area contributed by atoms with E-state index in [0.717, 1.165) is 4.31 Å². The van der Waals surface area contributed by atoms with Gasteiger partial charge in [0.05, 0.1) is 17.9 Å². The predicted molar refractivity (Wildman–Crippen MR) is 63.4 cm³/mol. The van der Waals surface area contributed by atoms with Crippen LogP contribution >= 0.6 is 12.8 Å². The molecular formula is C10H12N2O3S. The molecule has 0 heterocycles. The smallest absolute Gasteiger partial charge is 0.338 e. The summed E-state index contributed by atoms with van der Waals surface area (Å²) in [5, 5.41) is 0. The molecule has 2 N–H and O–H groups in total. The fraction of sp³-hybridized carbons (Fsp3) is 0.200. The standard InChI is InChI=1S/C10H12N2O3S/c1-2-15-9(13)7-3-5-8(6-4-7)12(16)10(11)14/h3-6,16H,2H2,1H3,(H2,11,14). The van der Waals surface area contributed by atoms with Crippen molar-refractivity contribution in [1.82, 2.24) is 0 Å². The van der Waals surface area contributed by atoms with Gasteiger partial charge >= 0.3 is 12.0 Å². The van der Waals surface area contributed by atoms with Crippen molar-refractivity contribution in [2.24, 2.45) is 5.73 Å². The third kappa shape index (κ3) is 2.90. The molecule has 6 heteroatoms. The van der Waals surface area contributed by atoms with Crippen molar-refractivity contribution in [2.75, 3.05) is 10.9 Å². The van der Waals surface area contributed by atoms with E-state index in [4.69, 9.17) is 10.5 Å². The number of thiol groups is 1. The fourth-order valence-electron chi connectivity index (χ4n) is 1.08. The van der Waals surface area contributed by atoms with Crippen LogP contribution in [0.5, 0.6) is 0 Å². The minimum absolute atomic E-state index is 0.320. The van der Waals surface area contributed by atoms with E-state index in [1.165, 1.54) is 0 Å². The highest BCUT2D eigenvalue weighted by Gasteiger charge is 2.10. The molecule has 5 nitrogen and oxygen atoms in total. The molecule has 1 aromatic carbocycles. The minimum Gasteiger partial charge on any atom is -0.462 e. The van der Waals surface area contributed by atoms with Gasteiger partial charge in [0.2, 0.25) is 0 Å². The van der Waals surface area contributed by atoms with E-state index >= 15 is 0 Å². The third-order valence-corrected chi connectivity index (χ3v) is 2.26. The summed E-state index contributed by atoms with van der Waals surface area (Å²) < 4.78 is 5.79. The van der Waals surface area contributed by atoms with Gasteiger partial charge in [-0.3, -0.25) is 0 Å². The number of primary amides is 1. The lowest BCUT2D eigenvalue weighted by Gasteiger charge is -2.12. The highest BCUT2D eigenvalue weighted by atomic mass is 32.1. The molecule has 0 bridgehead atoms. The van der Waals surface area contributed by atoms with Crippen LogP contribution in [0, 0.1) is 0 Å². The summed E-state index contributed by atoms with van der Waals surface area (Å²) in [4.78, 5) is 22.1. The van der Waals surface area contributed by atoms with Crippen molar-refractivity contribution in [3.63, 3.8) is 0 Å². The summed E-state index contributed by atoms with van der Waals surface area (Å²) in [6, 6.07) is 5.51. The van der Waals surface area contributed by atoms with Crippen molar-refractivity contribution >= 4 is 30.5 Å². The van der Waals surface area contributed by atoms with Crippen LogP contribution in [0.15, 0.2) is 24.3 Å². The van der Waals surface area contributed by atoms with Crippen LogP contribution in [0.3, 0.4) is 0 Å². The number of esters is 1. The Balaban J connectivity index is 2.83. The van der Waals surface area contributed by atoms with E-state index in [9.17, 15) is 9.59 Å². The van der Waals surface area contributed by atoms with Gasteiger partial charge in [-0.05, 0) is 31.2 Å². The maximum Gasteiger partial charge on any atom is 0.338 e. The second-order valence-corrected chi connectivity index (χ2v) is 3.32. The molecule has 0 radical (unpaired) electrons. The molecular weight excluding hydrogens is 228 g/mol. The average molecular weight is 240 g/mol. The zero-order valence-electron chi connectivity index (χ0n) is 8.71. The van der Waals surface area contributed by atoms with Crippen LogP contribution in [0.1, 0.15) is 17.3 Å². The topological polar surface area (TPSA) is 72.6 Å². The normalized spacial score (nSPS) is 9.62. The molecule has 0 aliphatic carbocycles. The van der Waals surface area contributed by atoms with E-state index in [-0.39, 0.29) is 0 Å². The first-order chi connectivity index (χ1) is 7.56. The van der Waals surface area contributed by atoms with Crippen molar-refractivity contribution in [2.45, 2.75) is 6.92 Å². The van der Waals surface area contributed by atoms with Crippen LogP contribution in [0.25, 0.3) is 0 Å². The van der Waals surface area contributed by atoms with Crippen LogP contribution in [-0.4, -0.2) is 18.6 Å². The van der Waals surface area contributed by atoms with Gasteiger partial charge in [0.1, 0.15) is 0 Å². The highest BCUT2D eigenvalue weighted by molar-refractivity contribution is 7.82. The SMILES string of the molecule is CCOC(=O)c1ccc(N(S)C(N)=O)cc1. The number of anilines is 1. The quantitative estimate of drug-likeness (QED) is 0.622. The zero-order chi connectivity index (χ0) is 12.1. The number of nitrogens with two attached hydrogens (primary N) is 1. The van der Waals surface area contributed by atoms with E-state index in [1.807, 2.05) is 0 Å². The Labute approximate surface area is 98.7 Å². The number of nitrogens with zero attached hydrogens (tertiary/aromatic N) is 1. The summed E-state index contributed by atoms with van der Waals surface area (Å²) >= 11 is 3.88. The first-order valence-corrected chi connectivity index (χ1v) is 5.02. The molecule has 0 aromatic heterocycles. The Bertz CT molecular complexity index is 392. The van der Waals surface area contributed by atoms with Gasteiger partial charge in [-0.1, -0.05) is 12.8 Å². The van der Waals surface area contributed by atoms with Gasteiger partial charge in [-0.15, -0.1) is 0 Å². The summed E-state index contributed by atoms with van der Waals surface area (Å²) in [6.07, 6.45) is 0. The number of rotatable bonds is 3. The molecule has 0 atom stereocenters. The number of ether oxygens (including phenoxy) is 1.